The third-order valence-electron chi connectivity index (χ3n) is 4.75. The van der Waals surface area contributed by atoms with Crippen LogP contribution < -0.4 is 10.2 Å². The Morgan fingerprint density at radius 2 is 2.05 bits per heavy atom. The van der Waals surface area contributed by atoms with Gasteiger partial charge in [0.05, 0.1) is 12.2 Å². The normalized spacial score (nSPS) is 24.2. The van der Waals surface area contributed by atoms with Gasteiger partial charge in [-0.2, -0.15) is 0 Å². The lowest BCUT2D eigenvalue weighted by atomic mass is 9.79. The van der Waals surface area contributed by atoms with Crippen LogP contribution in [0.2, 0.25) is 0 Å². The zero-order valence-corrected chi connectivity index (χ0v) is 12.5. The van der Waals surface area contributed by atoms with E-state index >= 15 is 0 Å². The van der Waals surface area contributed by atoms with Crippen LogP contribution in [-0.4, -0.2) is 35.5 Å². The quantitative estimate of drug-likeness (QED) is 0.829. The lowest BCUT2D eigenvalue weighted by molar-refractivity contribution is -0.108. The minimum Gasteiger partial charge on any atom is -0.490 e. The van der Waals surface area contributed by atoms with Crippen molar-refractivity contribution in [3.63, 3.8) is 0 Å². The minimum absolute atomic E-state index is 0.0536. The SMILES string of the molecule is Cc1cc(B(O)O)ccc1OC1CCOC2(CCCC2)C1. The molecular weight excluding hydrogens is 267 g/mol. The molecule has 3 rings (SSSR count). The van der Waals surface area contributed by atoms with Crippen molar-refractivity contribution in [3.05, 3.63) is 23.8 Å². The predicted octanol–water partition coefficient (Wildman–Crippen LogP) is 1.55. The van der Waals surface area contributed by atoms with Gasteiger partial charge in [-0.05, 0) is 36.9 Å². The van der Waals surface area contributed by atoms with E-state index in [1.807, 2.05) is 13.0 Å². The van der Waals surface area contributed by atoms with E-state index in [-0.39, 0.29) is 11.7 Å². The largest absolute Gasteiger partial charge is 0.490 e. The van der Waals surface area contributed by atoms with Crippen molar-refractivity contribution in [3.8, 4) is 5.75 Å². The third-order valence-corrected chi connectivity index (χ3v) is 4.75. The first-order chi connectivity index (χ1) is 10.1. The van der Waals surface area contributed by atoms with Gasteiger partial charge in [0.15, 0.2) is 0 Å². The molecule has 114 valence electrons. The summed E-state index contributed by atoms with van der Waals surface area (Å²) in [6.45, 7) is 2.71. The summed E-state index contributed by atoms with van der Waals surface area (Å²) in [4.78, 5) is 0. The molecule has 0 amide bonds. The number of ether oxygens (including phenoxy) is 2. The van der Waals surface area contributed by atoms with Crippen LogP contribution >= 0.6 is 0 Å². The van der Waals surface area contributed by atoms with E-state index in [4.69, 9.17) is 9.47 Å². The number of hydrogen-bond acceptors (Lipinski definition) is 4. The Morgan fingerprint density at radius 3 is 2.71 bits per heavy atom. The van der Waals surface area contributed by atoms with Crippen LogP contribution in [0.3, 0.4) is 0 Å². The number of hydrogen-bond donors (Lipinski definition) is 2. The van der Waals surface area contributed by atoms with Crippen LogP contribution in [0.1, 0.15) is 44.1 Å². The standard InChI is InChI=1S/C16H23BO4/c1-12-10-13(17(18)19)4-5-15(12)21-14-6-9-20-16(11-14)7-2-3-8-16/h4-5,10,14,18-19H,2-3,6-9,11H2,1H3. The maximum Gasteiger partial charge on any atom is 0.488 e. The van der Waals surface area contributed by atoms with Gasteiger partial charge in [0.2, 0.25) is 0 Å². The van der Waals surface area contributed by atoms with Crippen LogP contribution in [0.4, 0.5) is 0 Å². The average Bonchev–Trinajstić information content (AvgIpc) is 2.89. The Labute approximate surface area is 126 Å². The second-order valence-corrected chi connectivity index (χ2v) is 6.37. The monoisotopic (exact) mass is 290 g/mol. The Morgan fingerprint density at radius 1 is 1.29 bits per heavy atom. The molecule has 5 heteroatoms. The van der Waals surface area contributed by atoms with Crippen LogP contribution in [0.5, 0.6) is 5.75 Å². The highest BCUT2D eigenvalue weighted by Gasteiger charge is 2.40. The summed E-state index contributed by atoms with van der Waals surface area (Å²) in [6, 6.07) is 5.31. The molecule has 1 aliphatic heterocycles. The zero-order valence-electron chi connectivity index (χ0n) is 12.5. The van der Waals surface area contributed by atoms with E-state index in [0.29, 0.717) is 5.46 Å². The van der Waals surface area contributed by atoms with E-state index in [0.717, 1.165) is 43.6 Å². The highest BCUT2D eigenvalue weighted by atomic mass is 16.5. The van der Waals surface area contributed by atoms with E-state index in [2.05, 4.69) is 0 Å². The number of benzene rings is 1. The summed E-state index contributed by atoms with van der Waals surface area (Å²) in [5, 5.41) is 18.4. The van der Waals surface area contributed by atoms with E-state index in [9.17, 15) is 10.0 Å². The second kappa shape index (κ2) is 5.99. The highest BCUT2D eigenvalue weighted by Crippen LogP contribution is 2.41. The van der Waals surface area contributed by atoms with Crippen molar-refractivity contribution >= 4 is 12.6 Å². The molecule has 21 heavy (non-hydrogen) atoms. The third kappa shape index (κ3) is 3.25. The van der Waals surface area contributed by atoms with E-state index < -0.39 is 7.12 Å². The van der Waals surface area contributed by atoms with Gasteiger partial charge in [0.25, 0.3) is 0 Å². The minimum atomic E-state index is -1.43. The molecular formula is C16H23BO4. The summed E-state index contributed by atoms with van der Waals surface area (Å²) in [6.07, 6.45) is 6.91. The average molecular weight is 290 g/mol. The molecule has 2 fully saturated rings. The first kappa shape index (κ1) is 14.9. The molecule has 1 spiro atoms. The zero-order chi connectivity index (χ0) is 14.9. The van der Waals surface area contributed by atoms with Gasteiger partial charge < -0.3 is 19.5 Å². The molecule has 1 unspecified atom stereocenters. The van der Waals surface area contributed by atoms with Gasteiger partial charge >= 0.3 is 7.12 Å². The van der Waals surface area contributed by atoms with Gasteiger partial charge in [-0.1, -0.05) is 25.0 Å². The Kier molecular flexibility index (Phi) is 4.25. The van der Waals surface area contributed by atoms with Gasteiger partial charge in [-0.3, -0.25) is 0 Å². The summed E-state index contributed by atoms with van der Waals surface area (Å²) >= 11 is 0. The molecule has 1 aromatic carbocycles. The molecule has 1 aromatic rings. The van der Waals surface area contributed by atoms with Crippen LogP contribution in [-0.2, 0) is 4.74 Å². The molecule has 1 atom stereocenters. The maximum absolute atomic E-state index is 9.20. The predicted molar refractivity (Wildman–Crippen MR) is 81.8 cm³/mol. The van der Waals surface area contributed by atoms with Gasteiger partial charge in [0.1, 0.15) is 11.9 Å². The van der Waals surface area contributed by atoms with Crippen LogP contribution in [0.25, 0.3) is 0 Å². The molecule has 0 radical (unpaired) electrons. The molecule has 0 bridgehead atoms. The van der Waals surface area contributed by atoms with Crippen molar-refractivity contribution in [1.82, 2.24) is 0 Å². The summed E-state index contributed by atoms with van der Waals surface area (Å²) in [5.74, 6) is 0.833. The van der Waals surface area contributed by atoms with Crippen molar-refractivity contribution in [2.75, 3.05) is 6.61 Å². The van der Waals surface area contributed by atoms with E-state index in [1.54, 1.807) is 12.1 Å². The lowest BCUT2D eigenvalue weighted by Crippen LogP contribution is -2.41. The maximum atomic E-state index is 9.20. The summed E-state index contributed by atoms with van der Waals surface area (Å²) in [7, 11) is -1.43. The van der Waals surface area contributed by atoms with Crippen molar-refractivity contribution in [2.24, 2.45) is 0 Å². The van der Waals surface area contributed by atoms with Crippen molar-refractivity contribution < 1.29 is 19.5 Å². The molecule has 2 aliphatic rings. The Balaban J connectivity index is 1.68. The topological polar surface area (TPSA) is 58.9 Å². The van der Waals surface area contributed by atoms with Gasteiger partial charge in [0, 0.05) is 12.8 Å². The second-order valence-electron chi connectivity index (χ2n) is 6.37. The molecule has 0 aromatic heterocycles. The molecule has 1 saturated heterocycles. The van der Waals surface area contributed by atoms with Crippen molar-refractivity contribution in [1.29, 1.82) is 0 Å². The fraction of sp³-hybridized carbons (Fsp3) is 0.625. The molecule has 1 saturated carbocycles. The number of aryl methyl sites for hydroxylation is 1. The smallest absolute Gasteiger partial charge is 0.488 e. The molecule has 1 heterocycles. The van der Waals surface area contributed by atoms with Crippen LogP contribution in [0.15, 0.2) is 18.2 Å². The highest BCUT2D eigenvalue weighted by molar-refractivity contribution is 6.58. The molecule has 4 nitrogen and oxygen atoms in total. The first-order valence-corrected chi connectivity index (χ1v) is 7.85. The lowest BCUT2D eigenvalue weighted by Gasteiger charge is -2.38. The van der Waals surface area contributed by atoms with Crippen LogP contribution in [0, 0.1) is 6.92 Å². The first-order valence-electron chi connectivity index (χ1n) is 7.85. The number of rotatable bonds is 3. The van der Waals surface area contributed by atoms with Gasteiger partial charge in [-0.15, -0.1) is 0 Å². The Hall–Kier alpha value is -1.04. The van der Waals surface area contributed by atoms with E-state index in [1.165, 1.54) is 12.8 Å². The van der Waals surface area contributed by atoms with Gasteiger partial charge in [-0.25, -0.2) is 0 Å². The fourth-order valence-electron chi connectivity index (χ4n) is 3.60. The molecule has 1 aliphatic carbocycles. The van der Waals surface area contributed by atoms with Crippen molar-refractivity contribution in [2.45, 2.75) is 57.2 Å². The molecule has 2 N–H and O–H groups in total. The summed E-state index contributed by atoms with van der Waals surface area (Å²) in [5.41, 5.74) is 1.49. The fourth-order valence-corrected chi connectivity index (χ4v) is 3.60. The summed E-state index contributed by atoms with van der Waals surface area (Å²) < 4.78 is 12.2. The Bertz CT molecular complexity index is 497.